The van der Waals surface area contributed by atoms with Crippen LogP contribution in [-0.4, -0.2) is 35.8 Å². The molecule has 5 heteroatoms. The molecular formula is C12H22N4O. The second kappa shape index (κ2) is 6.39. The van der Waals surface area contributed by atoms with Crippen molar-refractivity contribution in [3.8, 4) is 0 Å². The molecule has 1 heterocycles. The van der Waals surface area contributed by atoms with Gasteiger partial charge >= 0.3 is 0 Å². The topological polar surface area (TPSA) is 59.0 Å². The Labute approximate surface area is 103 Å². The minimum Gasteiger partial charge on any atom is -0.355 e. The molecule has 2 N–H and O–H groups in total. The van der Waals surface area contributed by atoms with Crippen molar-refractivity contribution in [2.75, 3.05) is 20.1 Å². The van der Waals surface area contributed by atoms with Gasteiger partial charge in [-0.15, -0.1) is 0 Å². The highest BCUT2D eigenvalue weighted by atomic mass is 16.1. The highest BCUT2D eigenvalue weighted by Gasteiger charge is 2.08. The third-order valence-electron chi connectivity index (χ3n) is 2.92. The summed E-state index contributed by atoms with van der Waals surface area (Å²) in [4.78, 5) is 11.2. The number of hydrogen-bond acceptors (Lipinski definition) is 3. The first kappa shape index (κ1) is 13.7. The van der Waals surface area contributed by atoms with E-state index in [1.807, 2.05) is 18.7 Å². The van der Waals surface area contributed by atoms with Gasteiger partial charge < -0.3 is 10.6 Å². The van der Waals surface area contributed by atoms with Crippen LogP contribution < -0.4 is 10.6 Å². The molecule has 1 rings (SSSR count). The smallest absolute Gasteiger partial charge is 0.233 e. The number of nitrogens with one attached hydrogen (secondary N) is 2. The molecule has 5 nitrogen and oxygen atoms in total. The first-order chi connectivity index (χ1) is 8.06. The van der Waals surface area contributed by atoms with Crippen molar-refractivity contribution < 1.29 is 4.79 Å². The molecule has 17 heavy (non-hydrogen) atoms. The van der Waals surface area contributed by atoms with Crippen LogP contribution in [0.2, 0.25) is 0 Å². The molecule has 0 unspecified atom stereocenters. The summed E-state index contributed by atoms with van der Waals surface area (Å²) < 4.78 is 1.91. The van der Waals surface area contributed by atoms with Gasteiger partial charge in [-0.05, 0) is 39.3 Å². The summed E-state index contributed by atoms with van der Waals surface area (Å²) in [5.41, 5.74) is 3.60. The Morgan fingerprint density at radius 1 is 1.41 bits per heavy atom. The summed E-state index contributed by atoms with van der Waals surface area (Å²) in [6, 6.07) is 0. The maximum absolute atomic E-state index is 11.2. The zero-order valence-electron chi connectivity index (χ0n) is 11.1. The molecule has 0 aliphatic heterocycles. The second-order valence-corrected chi connectivity index (χ2v) is 4.26. The van der Waals surface area contributed by atoms with E-state index in [-0.39, 0.29) is 5.91 Å². The molecule has 0 radical (unpaired) electrons. The van der Waals surface area contributed by atoms with Crippen molar-refractivity contribution in [2.45, 2.75) is 26.7 Å². The molecule has 0 fully saturated rings. The lowest BCUT2D eigenvalue weighted by molar-refractivity contribution is -0.120. The normalized spacial score (nSPS) is 10.6. The lowest BCUT2D eigenvalue weighted by Crippen LogP contribution is -2.32. The highest BCUT2D eigenvalue weighted by molar-refractivity contribution is 5.77. The SMILES string of the molecule is CNCC(=O)NCCCc1c(C)nn(C)c1C. The first-order valence-corrected chi connectivity index (χ1v) is 5.96. The van der Waals surface area contributed by atoms with E-state index in [1.54, 1.807) is 7.05 Å². The Morgan fingerprint density at radius 2 is 2.12 bits per heavy atom. The number of rotatable bonds is 6. The van der Waals surface area contributed by atoms with E-state index in [1.165, 1.54) is 11.3 Å². The summed E-state index contributed by atoms with van der Waals surface area (Å²) in [5, 5.41) is 10.1. The number of nitrogens with zero attached hydrogens (tertiary/aromatic N) is 2. The predicted octanol–water partition coefficient (Wildman–Crippen LogP) is 0.305. The zero-order valence-corrected chi connectivity index (χ0v) is 11.1. The molecule has 0 saturated heterocycles. The summed E-state index contributed by atoms with van der Waals surface area (Å²) in [6.07, 6.45) is 1.91. The van der Waals surface area contributed by atoms with Crippen molar-refractivity contribution in [1.82, 2.24) is 20.4 Å². The zero-order chi connectivity index (χ0) is 12.8. The molecule has 96 valence electrons. The number of likely N-dealkylation sites (N-methyl/N-ethyl adjacent to an activating group) is 1. The fourth-order valence-electron chi connectivity index (χ4n) is 1.90. The maximum Gasteiger partial charge on any atom is 0.233 e. The Kier molecular flexibility index (Phi) is 5.15. The van der Waals surface area contributed by atoms with Gasteiger partial charge in [-0.1, -0.05) is 0 Å². The van der Waals surface area contributed by atoms with Crippen LogP contribution in [-0.2, 0) is 18.3 Å². The van der Waals surface area contributed by atoms with Crippen molar-refractivity contribution >= 4 is 5.91 Å². The van der Waals surface area contributed by atoms with Crippen LogP contribution in [0, 0.1) is 13.8 Å². The number of carbonyl (C=O) groups is 1. The fraction of sp³-hybridized carbons (Fsp3) is 0.667. The number of aromatic nitrogens is 2. The van der Waals surface area contributed by atoms with Crippen LogP contribution in [0.3, 0.4) is 0 Å². The van der Waals surface area contributed by atoms with Crippen LogP contribution in [0.15, 0.2) is 0 Å². The van der Waals surface area contributed by atoms with Gasteiger partial charge in [0.05, 0.1) is 12.2 Å². The standard InChI is InChI=1S/C12H22N4O/c1-9-11(10(2)16(4)15-9)6-5-7-14-12(17)8-13-3/h13H,5-8H2,1-4H3,(H,14,17). The number of aryl methyl sites for hydroxylation is 2. The molecule has 0 aromatic carbocycles. The van der Waals surface area contributed by atoms with Crippen molar-refractivity contribution in [3.63, 3.8) is 0 Å². The summed E-state index contributed by atoms with van der Waals surface area (Å²) in [7, 11) is 3.72. The van der Waals surface area contributed by atoms with E-state index in [2.05, 4.69) is 22.7 Å². The van der Waals surface area contributed by atoms with Gasteiger partial charge in [0, 0.05) is 19.3 Å². The van der Waals surface area contributed by atoms with Gasteiger partial charge in [0.2, 0.25) is 5.91 Å². The third-order valence-corrected chi connectivity index (χ3v) is 2.92. The van der Waals surface area contributed by atoms with E-state index in [0.29, 0.717) is 13.1 Å². The number of hydrogen-bond donors (Lipinski definition) is 2. The lowest BCUT2D eigenvalue weighted by atomic mass is 10.1. The molecule has 1 aromatic rings. The van der Waals surface area contributed by atoms with Gasteiger partial charge in [-0.25, -0.2) is 0 Å². The second-order valence-electron chi connectivity index (χ2n) is 4.26. The van der Waals surface area contributed by atoms with E-state index in [9.17, 15) is 4.79 Å². The van der Waals surface area contributed by atoms with Gasteiger partial charge in [0.1, 0.15) is 0 Å². The minimum absolute atomic E-state index is 0.0483. The van der Waals surface area contributed by atoms with Crippen LogP contribution in [0.5, 0.6) is 0 Å². The van der Waals surface area contributed by atoms with Gasteiger partial charge in [0.15, 0.2) is 0 Å². The molecule has 1 aromatic heterocycles. The van der Waals surface area contributed by atoms with E-state index < -0.39 is 0 Å². The summed E-state index contributed by atoms with van der Waals surface area (Å²) in [6.45, 7) is 5.20. The number of amides is 1. The molecule has 0 aliphatic carbocycles. The van der Waals surface area contributed by atoms with Crippen LogP contribution >= 0.6 is 0 Å². The Hall–Kier alpha value is -1.36. The van der Waals surface area contributed by atoms with E-state index in [0.717, 1.165) is 18.5 Å². The van der Waals surface area contributed by atoms with Crippen molar-refractivity contribution in [2.24, 2.45) is 7.05 Å². The quantitative estimate of drug-likeness (QED) is 0.701. The third kappa shape index (κ3) is 3.85. The molecular weight excluding hydrogens is 216 g/mol. The van der Waals surface area contributed by atoms with Crippen molar-refractivity contribution in [3.05, 3.63) is 17.0 Å². The average Bonchev–Trinajstić information content (AvgIpc) is 2.50. The van der Waals surface area contributed by atoms with E-state index in [4.69, 9.17) is 0 Å². The number of carbonyl (C=O) groups excluding carboxylic acids is 1. The molecule has 1 amide bonds. The molecule has 0 bridgehead atoms. The monoisotopic (exact) mass is 238 g/mol. The lowest BCUT2D eigenvalue weighted by Gasteiger charge is -2.05. The van der Waals surface area contributed by atoms with Crippen LogP contribution in [0.1, 0.15) is 23.4 Å². The van der Waals surface area contributed by atoms with Gasteiger partial charge in [0.25, 0.3) is 0 Å². The minimum atomic E-state index is 0.0483. The molecule has 0 aliphatic rings. The largest absolute Gasteiger partial charge is 0.355 e. The molecule has 0 spiro atoms. The Morgan fingerprint density at radius 3 is 2.65 bits per heavy atom. The fourth-order valence-corrected chi connectivity index (χ4v) is 1.90. The summed E-state index contributed by atoms with van der Waals surface area (Å²) >= 11 is 0. The van der Waals surface area contributed by atoms with Crippen molar-refractivity contribution in [1.29, 1.82) is 0 Å². The maximum atomic E-state index is 11.2. The Balaban J connectivity index is 2.34. The Bertz CT molecular complexity index is 384. The van der Waals surface area contributed by atoms with Crippen LogP contribution in [0.4, 0.5) is 0 Å². The first-order valence-electron chi connectivity index (χ1n) is 5.96. The average molecular weight is 238 g/mol. The van der Waals surface area contributed by atoms with Gasteiger partial charge in [-0.3, -0.25) is 9.48 Å². The van der Waals surface area contributed by atoms with Crippen LogP contribution in [0.25, 0.3) is 0 Å². The molecule has 0 saturated carbocycles. The van der Waals surface area contributed by atoms with E-state index >= 15 is 0 Å². The predicted molar refractivity (Wildman–Crippen MR) is 67.9 cm³/mol. The summed E-state index contributed by atoms with van der Waals surface area (Å²) in [5.74, 6) is 0.0483. The highest BCUT2D eigenvalue weighted by Crippen LogP contribution is 2.13. The van der Waals surface area contributed by atoms with Gasteiger partial charge in [-0.2, -0.15) is 5.10 Å². The molecule has 0 atom stereocenters.